The Balaban J connectivity index is 2.10. The molecule has 0 aromatic heterocycles. The van der Waals surface area contributed by atoms with Crippen LogP contribution in [0.25, 0.3) is 0 Å². The second-order valence-corrected chi connectivity index (χ2v) is 4.38. The van der Waals surface area contributed by atoms with E-state index in [1.165, 1.54) is 0 Å². The maximum absolute atomic E-state index is 10.4. The minimum atomic E-state index is -0.665. The standard InChI is InChI=1S/C12H20O4/c1-14-12(5-8-15-9-6-12)11(13)10-4-2-3-7-16-10/h4,11,13H,2-3,5-9H2,1H3. The molecule has 4 heteroatoms. The molecule has 1 atom stereocenters. The number of rotatable bonds is 3. The van der Waals surface area contributed by atoms with Gasteiger partial charge in [-0.3, -0.25) is 0 Å². The van der Waals surface area contributed by atoms with E-state index in [1.54, 1.807) is 7.11 Å². The highest BCUT2D eigenvalue weighted by Crippen LogP contribution is 2.33. The van der Waals surface area contributed by atoms with Gasteiger partial charge in [-0.15, -0.1) is 0 Å². The van der Waals surface area contributed by atoms with Gasteiger partial charge in [0.2, 0.25) is 0 Å². The first-order chi connectivity index (χ1) is 7.78. The minimum Gasteiger partial charge on any atom is -0.495 e. The Morgan fingerprint density at radius 3 is 2.69 bits per heavy atom. The molecule has 1 N–H and O–H groups in total. The summed E-state index contributed by atoms with van der Waals surface area (Å²) in [6.45, 7) is 1.97. The van der Waals surface area contributed by atoms with Gasteiger partial charge in [0, 0.05) is 33.2 Å². The summed E-state index contributed by atoms with van der Waals surface area (Å²) >= 11 is 0. The lowest BCUT2D eigenvalue weighted by molar-refractivity contribution is -0.152. The number of hydrogen-bond donors (Lipinski definition) is 1. The van der Waals surface area contributed by atoms with Crippen molar-refractivity contribution < 1.29 is 19.3 Å². The van der Waals surface area contributed by atoms with E-state index < -0.39 is 11.7 Å². The van der Waals surface area contributed by atoms with E-state index in [-0.39, 0.29) is 0 Å². The minimum absolute atomic E-state index is 0.526. The molecule has 0 bridgehead atoms. The van der Waals surface area contributed by atoms with Gasteiger partial charge in [-0.25, -0.2) is 0 Å². The summed E-state index contributed by atoms with van der Waals surface area (Å²) < 4.78 is 16.4. The van der Waals surface area contributed by atoms with Crippen LogP contribution in [-0.2, 0) is 14.2 Å². The molecule has 92 valence electrons. The van der Waals surface area contributed by atoms with Crippen LogP contribution in [0.15, 0.2) is 11.8 Å². The normalized spacial score (nSPS) is 26.8. The van der Waals surface area contributed by atoms with Crippen molar-refractivity contribution in [3.8, 4) is 0 Å². The van der Waals surface area contributed by atoms with E-state index in [0.29, 0.717) is 38.4 Å². The smallest absolute Gasteiger partial charge is 0.140 e. The molecule has 1 unspecified atom stereocenters. The number of aliphatic hydroxyl groups is 1. The van der Waals surface area contributed by atoms with Crippen LogP contribution in [0.3, 0.4) is 0 Å². The lowest BCUT2D eigenvalue weighted by Gasteiger charge is -2.40. The predicted molar refractivity (Wildman–Crippen MR) is 59.1 cm³/mol. The zero-order valence-corrected chi connectivity index (χ0v) is 9.78. The van der Waals surface area contributed by atoms with E-state index in [9.17, 15) is 5.11 Å². The molecule has 2 rings (SSSR count). The van der Waals surface area contributed by atoms with Gasteiger partial charge in [0.05, 0.1) is 6.61 Å². The first-order valence-electron chi connectivity index (χ1n) is 5.92. The van der Waals surface area contributed by atoms with E-state index in [2.05, 4.69) is 0 Å². The third-order valence-electron chi connectivity index (χ3n) is 3.48. The summed E-state index contributed by atoms with van der Waals surface area (Å²) in [7, 11) is 1.65. The first-order valence-corrected chi connectivity index (χ1v) is 5.92. The molecule has 1 fully saturated rings. The molecular weight excluding hydrogens is 208 g/mol. The fourth-order valence-corrected chi connectivity index (χ4v) is 2.33. The van der Waals surface area contributed by atoms with Gasteiger partial charge in [0.15, 0.2) is 0 Å². The van der Waals surface area contributed by atoms with Gasteiger partial charge in [-0.1, -0.05) is 0 Å². The van der Waals surface area contributed by atoms with Crippen molar-refractivity contribution in [1.82, 2.24) is 0 Å². The molecule has 1 saturated heterocycles. The molecular formula is C12H20O4. The zero-order valence-electron chi connectivity index (χ0n) is 9.78. The van der Waals surface area contributed by atoms with E-state index in [0.717, 1.165) is 12.8 Å². The van der Waals surface area contributed by atoms with Gasteiger partial charge < -0.3 is 19.3 Å². The molecule has 0 radical (unpaired) electrons. The molecule has 0 spiro atoms. The predicted octanol–water partition coefficient (Wildman–Crippen LogP) is 1.24. The van der Waals surface area contributed by atoms with Crippen molar-refractivity contribution in [2.24, 2.45) is 0 Å². The second kappa shape index (κ2) is 5.17. The highest BCUT2D eigenvalue weighted by molar-refractivity contribution is 5.10. The largest absolute Gasteiger partial charge is 0.495 e. The first kappa shape index (κ1) is 11.9. The Labute approximate surface area is 96.2 Å². The molecule has 2 aliphatic rings. The molecule has 0 aromatic rings. The van der Waals surface area contributed by atoms with E-state index in [4.69, 9.17) is 14.2 Å². The van der Waals surface area contributed by atoms with Gasteiger partial charge in [-0.2, -0.15) is 0 Å². The summed E-state index contributed by atoms with van der Waals surface area (Å²) in [6.07, 6.45) is 4.74. The van der Waals surface area contributed by atoms with Crippen LogP contribution in [0, 0.1) is 0 Å². The third-order valence-corrected chi connectivity index (χ3v) is 3.48. The molecule has 0 amide bonds. The fraction of sp³-hybridized carbons (Fsp3) is 0.833. The van der Waals surface area contributed by atoms with Crippen LogP contribution in [0.4, 0.5) is 0 Å². The van der Waals surface area contributed by atoms with Crippen molar-refractivity contribution in [2.75, 3.05) is 26.9 Å². The average molecular weight is 228 g/mol. The van der Waals surface area contributed by atoms with Gasteiger partial charge in [0.1, 0.15) is 17.5 Å². The van der Waals surface area contributed by atoms with Crippen molar-refractivity contribution >= 4 is 0 Å². The van der Waals surface area contributed by atoms with Gasteiger partial charge in [0.25, 0.3) is 0 Å². The molecule has 2 aliphatic heterocycles. The number of methoxy groups -OCH3 is 1. The number of hydrogen-bond acceptors (Lipinski definition) is 4. The third kappa shape index (κ3) is 2.24. The van der Waals surface area contributed by atoms with Gasteiger partial charge in [-0.05, 0) is 18.9 Å². The molecule has 2 heterocycles. The van der Waals surface area contributed by atoms with Crippen molar-refractivity contribution in [3.63, 3.8) is 0 Å². The summed E-state index contributed by atoms with van der Waals surface area (Å²) in [6, 6.07) is 0. The Kier molecular flexibility index (Phi) is 3.84. The Morgan fingerprint density at radius 2 is 2.12 bits per heavy atom. The monoisotopic (exact) mass is 228 g/mol. The highest BCUT2D eigenvalue weighted by atomic mass is 16.5. The summed E-state index contributed by atoms with van der Waals surface area (Å²) in [5.74, 6) is 0.676. The van der Waals surface area contributed by atoms with Crippen LogP contribution >= 0.6 is 0 Å². The van der Waals surface area contributed by atoms with E-state index in [1.807, 2.05) is 6.08 Å². The number of aliphatic hydroxyl groups excluding tert-OH is 1. The number of allylic oxidation sites excluding steroid dienone is 1. The topological polar surface area (TPSA) is 47.9 Å². The maximum Gasteiger partial charge on any atom is 0.140 e. The second-order valence-electron chi connectivity index (χ2n) is 4.38. The van der Waals surface area contributed by atoms with Crippen LogP contribution < -0.4 is 0 Å². The van der Waals surface area contributed by atoms with Crippen LogP contribution in [0.2, 0.25) is 0 Å². The average Bonchev–Trinajstić information content (AvgIpc) is 2.39. The highest BCUT2D eigenvalue weighted by Gasteiger charge is 2.42. The van der Waals surface area contributed by atoms with Crippen LogP contribution in [-0.4, -0.2) is 43.7 Å². The molecule has 4 nitrogen and oxygen atoms in total. The molecule has 0 aliphatic carbocycles. The van der Waals surface area contributed by atoms with Gasteiger partial charge >= 0.3 is 0 Å². The summed E-state index contributed by atoms with van der Waals surface area (Å²) in [5.41, 5.74) is -0.526. The van der Waals surface area contributed by atoms with Crippen LogP contribution in [0.1, 0.15) is 25.7 Å². The molecule has 0 aromatic carbocycles. The summed E-state index contributed by atoms with van der Waals surface area (Å²) in [5, 5.41) is 10.4. The summed E-state index contributed by atoms with van der Waals surface area (Å²) in [4.78, 5) is 0. The van der Waals surface area contributed by atoms with Crippen LogP contribution in [0.5, 0.6) is 0 Å². The van der Waals surface area contributed by atoms with Crippen molar-refractivity contribution in [2.45, 2.75) is 37.4 Å². The lowest BCUT2D eigenvalue weighted by atomic mass is 9.86. The number of ether oxygens (including phenoxy) is 3. The van der Waals surface area contributed by atoms with Crippen molar-refractivity contribution in [3.05, 3.63) is 11.8 Å². The lowest BCUT2D eigenvalue weighted by Crippen LogP contribution is -2.49. The zero-order chi connectivity index (χ0) is 11.4. The SMILES string of the molecule is COC1(C(O)C2=CCCCO2)CCOCC1. The molecule has 0 saturated carbocycles. The Hall–Kier alpha value is -0.580. The van der Waals surface area contributed by atoms with E-state index >= 15 is 0 Å². The Morgan fingerprint density at radius 1 is 1.38 bits per heavy atom. The quantitative estimate of drug-likeness (QED) is 0.789. The van der Waals surface area contributed by atoms with Crippen molar-refractivity contribution in [1.29, 1.82) is 0 Å². The maximum atomic E-state index is 10.4. The fourth-order valence-electron chi connectivity index (χ4n) is 2.33. The Bertz CT molecular complexity index is 256. The molecule has 16 heavy (non-hydrogen) atoms.